The van der Waals surface area contributed by atoms with Gasteiger partial charge < -0.3 is 14.9 Å². The van der Waals surface area contributed by atoms with Crippen LogP contribution in [0.5, 0.6) is 0 Å². The first-order chi connectivity index (χ1) is 9.35. The molecule has 0 aromatic heterocycles. The Morgan fingerprint density at radius 1 is 1.16 bits per heavy atom. The van der Waals surface area contributed by atoms with Gasteiger partial charge in [0.1, 0.15) is 6.07 Å². The van der Waals surface area contributed by atoms with E-state index in [1.165, 1.54) is 0 Å². The molecule has 1 aromatic carbocycles. The zero-order chi connectivity index (χ0) is 13.5. The molecule has 0 amide bonds. The number of hydrogen-bond donors (Lipinski definition) is 1. The van der Waals surface area contributed by atoms with E-state index in [1.54, 1.807) is 0 Å². The maximum Gasteiger partial charge on any atom is 0.101 e. The van der Waals surface area contributed by atoms with Crippen molar-refractivity contribution in [3.8, 4) is 6.07 Å². The van der Waals surface area contributed by atoms with Crippen molar-refractivity contribution in [2.45, 2.75) is 12.8 Å². The molecule has 0 aliphatic carbocycles. The number of hydrogen-bond acceptors (Lipinski definition) is 4. The molecule has 0 radical (unpaired) electrons. The maximum atomic E-state index is 9.17. The molecule has 1 aliphatic heterocycles. The standard InChI is InChI=1S/C15H21N3O/c16-13-14-5-1-2-6-15(14)18-9-3-7-17(10-11-18)8-4-12-19/h1-2,5-6,19H,3-4,7-12H2. The van der Waals surface area contributed by atoms with E-state index in [1.807, 2.05) is 24.3 Å². The van der Waals surface area contributed by atoms with Gasteiger partial charge >= 0.3 is 0 Å². The van der Waals surface area contributed by atoms with Gasteiger partial charge in [-0.25, -0.2) is 0 Å². The second-order valence-corrected chi connectivity index (χ2v) is 4.89. The molecule has 1 fully saturated rings. The number of rotatable bonds is 4. The molecule has 4 heteroatoms. The molecule has 2 rings (SSSR count). The summed E-state index contributed by atoms with van der Waals surface area (Å²) >= 11 is 0. The first-order valence-electron chi connectivity index (χ1n) is 6.92. The van der Waals surface area contributed by atoms with Crippen molar-refractivity contribution in [1.82, 2.24) is 4.90 Å². The lowest BCUT2D eigenvalue weighted by atomic mass is 10.1. The summed E-state index contributed by atoms with van der Waals surface area (Å²) in [4.78, 5) is 4.70. The van der Waals surface area contributed by atoms with Gasteiger partial charge in [0.15, 0.2) is 0 Å². The fraction of sp³-hybridized carbons (Fsp3) is 0.533. The molecule has 0 spiro atoms. The zero-order valence-corrected chi connectivity index (χ0v) is 11.3. The Labute approximate surface area is 114 Å². The molecule has 19 heavy (non-hydrogen) atoms. The minimum absolute atomic E-state index is 0.261. The fourth-order valence-electron chi connectivity index (χ4n) is 2.57. The van der Waals surface area contributed by atoms with Crippen LogP contribution in [0.1, 0.15) is 18.4 Å². The van der Waals surface area contributed by atoms with Crippen LogP contribution in [0.15, 0.2) is 24.3 Å². The number of aliphatic hydroxyl groups excluding tert-OH is 1. The van der Waals surface area contributed by atoms with Crippen LogP contribution >= 0.6 is 0 Å². The lowest BCUT2D eigenvalue weighted by Gasteiger charge is -2.24. The molecule has 1 aromatic rings. The number of para-hydroxylation sites is 1. The van der Waals surface area contributed by atoms with Crippen molar-refractivity contribution in [3.63, 3.8) is 0 Å². The average Bonchev–Trinajstić information content (AvgIpc) is 2.70. The Hall–Kier alpha value is -1.57. The minimum atomic E-state index is 0.261. The van der Waals surface area contributed by atoms with Crippen LogP contribution in [0.25, 0.3) is 0 Å². The summed E-state index contributed by atoms with van der Waals surface area (Å²) in [6.45, 7) is 5.24. The van der Waals surface area contributed by atoms with Crippen LogP contribution in [0, 0.1) is 11.3 Å². The quantitative estimate of drug-likeness (QED) is 0.889. The summed E-state index contributed by atoms with van der Waals surface area (Å²) in [5.74, 6) is 0. The van der Waals surface area contributed by atoms with E-state index in [2.05, 4.69) is 15.9 Å². The first kappa shape index (κ1) is 13.9. The highest BCUT2D eigenvalue weighted by Gasteiger charge is 2.16. The number of anilines is 1. The molecule has 1 aliphatic rings. The van der Waals surface area contributed by atoms with E-state index in [9.17, 15) is 5.26 Å². The molecule has 0 saturated carbocycles. The van der Waals surface area contributed by atoms with Gasteiger partial charge in [-0.15, -0.1) is 0 Å². The van der Waals surface area contributed by atoms with Gasteiger partial charge in [0.25, 0.3) is 0 Å². The third kappa shape index (κ3) is 3.69. The Balaban J connectivity index is 2.01. The van der Waals surface area contributed by atoms with Crippen molar-refractivity contribution in [2.75, 3.05) is 44.2 Å². The second-order valence-electron chi connectivity index (χ2n) is 4.89. The molecule has 4 nitrogen and oxygen atoms in total. The number of aliphatic hydroxyl groups is 1. The van der Waals surface area contributed by atoms with E-state index < -0.39 is 0 Å². The van der Waals surface area contributed by atoms with Crippen molar-refractivity contribution >= 4 is 5.69 Å². The summed E-state index contributed by atoms with van der Waals surface area (Å²) in [5, 5.41) is 18.1. The van der Waals surface area contributed by atoms with E-state index >= 15 is 0 Å². The van der Waals surface area contributed by atoms with Crippen LogP contribution in [0.4, 0.5) is 5.69 Å². The second kappa shape index (κ2) is 7.13. The lowest BCUT2D eigenvalue weighted by Crippen LogP contribution is -2.31. The van der Waals surface area contributed by atoms with Crippen LogP contribution < -0.4 is 4.90 Å². The van der Waals surface area contributed by atoms with Crippen LogP contribution in [0.2, 0.25) is 0 Å². The van der Waals surface area contributed by atoms with Crippen LogP contribution in [-0.2, 0) is 0 Å². The molecule has 1 saturated heterocycles. The Morgan fingerprint density at radius 3 is 2.79 bits per heavy atom. The van der Waals surface area contributed by atoms with Gasteiger partial charge in [-0.1, -0.05) is 12.1 Å². The summed E-state index contributed by atoms with van der Waals surface area (Å²) in [6.07, 6.45) is 1.94. The van der Waals surface area contributed by atoms with Gasteiger partial charge in [-0.05, 0) is 31.5 Å². The largest absolute Gasteiger partial charge is 0.396 e. The number of nitriles is 1. The van der Waals surface area contributed by atoms with Gasteiger partial charge in [-0.2, -0.15) is 5.26 Å². The van der Waals surface area contributed by atoms with Crippen LogP contribution in [-0.4, -0.2) is 49.3 Å². The van der Waals surface area contributed by atoms with Crippen molar-refractivity contribution in [2.24, 2.45) is 0 Å². The maximum absolute atomic E-state index is 9.17. The summed E-state index contributed by atoms with van der Waals surface area (Å²) in [7, 11) is 0. The Kier molecular flexibility index (Phi) is 5.20. The average molecular weight is 259 g/mol. The fourth-order valence-corrected chi connectivity index (χ4v) is 2.57. The highest BCUT2D eigenvalue weighted by atomic mass is 16.3. The smallest absolute Gasteiger partial charge is 0.101 e. The third-order valence-electron chi connectivity index (χ3n) is 3.59. The molecular weight excluding hydrogens is 238 g/mol. The molecule has 1 N–H and O–H groups in total. The monoisotopic (exact) mass is 259 g/mol. The number of benzene rings is 1. The first-order valence-corrected chi connectivity index (χ1v) is 6.92. The lowest BCUT2D eigenvalue weighted by molar-refractivity contribution is 0.232. The topological polar surface area (TPSA) is 50.5 Å². The summed E-state index contributed by atoms with van der Waals surface area (Å²) in [6, 6.07) is 10.1. The molecule has 0 bridgehead atoms. The number of nitrogens with zero attached hydrogens (tertiary/aromatic N) is 3. The van der Waals surface area contributed by atoms with E-state index in [4.69, 9.17) is 5.11 Å². The predicted octanol–water partition coefficient (Wildman–Crippen LogP) is 1.45. The van der Waals surface area contributed by atoms with Gasteiger partial charge in [0.05, 0.1) is 11.3 Å². The SMILES string of the molecule is N#Cc1ccccc1N1CCCN(CCCO)CC1. The zero-order valence-electron chi connectivity index (χ0n) is 11.3. The van der Waals surface area contributed by atoms with Crippen molar-refractivity contribution in [1.29, 1.82) is 5.26 Å². The third-order valence-corrected chi connectivity index (χ3v) is 3.59. The van der Waals surface area contributed by atoms with E-state index in [0.29, 0.717) is 0 Å². The minimum Gasteiger partial charge on any atom is -0.396 e. The molecule has 0 unspecified atom stereocenters. The Morgan fingerprint density at radius 2 is 2.00 bits per heavy atom. The van der Waals surface area contributed by atoms with Crippen molar-refractivity contribution in [3.05, 3.63) is 29.8 Å². The van der Waals surface area contributed by atoms with E-state index in [-0.39, 0.29) is 6.61 Å². The van der Waals surface area contributed by atoms with Crippen LogP contribution in [0.3, 0.4) is 0 Å². The predicted molar refractivity (Wildman–Crippen MR) is 76.1 cm³/mol. The molecular formula is C15H21N3O. The highest BCUT2D eigenvalue weighted by molar-refractivity contribution is 5.59. The normalized spacial score (nSPS) is 16.9. The molecule has 1 heterocycles. The highest BCUT2D eigenvalue weighted by Crippen LogP contribution is 2.21. The summed E-state index contributed by atoms with van der Waals surface area (Å²) in [5.41, 5.74) is 1.81. The van der Waals surface area contributed by atoms with Gasteiger partial charge in [-0.3, -0.25) is 0 Å². The van der Waals surface area contributed by atoms with Gasteiger partial charge in [0, 0.05) is 32.8 Å². The summed E-state index contributed by atoms with van der Waals surface area (Å²) < 4.78 is 0. The molecule has 102 valence electrons. The Bertz CT molecular complexity index is 441. The van der Waals surface area contributed by atoms with E-state index in [0.717, 1.165) is 56.8 Å². The van der Waals surface area contributed by atoms with Gasteiger partial charge in [0.2, 0.25) is 0 Å². The van der Waals surface area contributed by atoms with Crippen molar-refractivity contribution < 1.29 is 5.11 Å². The molecule has 0 atom stereocenters.